The smallest absolute Gasteiger partial charge is 0.0716 e. The maximum Gasteiger partial charge on any atom is 0.0716 e. The van der Waals surface area contributed by atoms with Gasteiger partial charge in [0, 0.05) is 11.6 Å². The van der Waals surface area contributed by atoms with Crippen LogP contribution in [0.4, 0.5) is 0 Å². The molecule has 42 valence electrons. The molecule has 0 spiro atoms. The van der Waals surface area contributed by atoms with Crippen molar-refractivity contribution >= 4 is 10.9 Å². The van der Waals surface area contributed by atoms with E-state index in [1.165, 1.54) is 16.6 Å². The highest BCUT2D eigenvalue weighted by Crippen LogP contribution is 2.37. The SMILES string of the molecule is c1ccc2c(c1)c1cn2-1. The fourth-order valence-corrected chi connectivity index (χ4v) is 1.34. The molecule has 0 aliphatic carbocycles. The first-order valence-corrected chi connectivity index (χ1v) is 3.07. The molecule has 1 aromatic carbocycles. The van der Waals surface area contributed by atoms with Crippen molar-refractivity contribution in [2.45, 2.75) is 0 Å². The van der Waals surface area contributed by atoms with Crippen LogP contribution in [-0.2, 0) is 0 Å². The minimum Gasteiger partial charge on any atom is -0.312 e. The van der Waals surface area contributed by atoms with Gasteiger partial charge < -0.3 is 4.57 Å². The minimum atomic E-state index is 1.37. The van der Waals surface area contributed by atoms with Crippen molar-refractivity contribution in [3.63, 3.8) is 0 Å². The topological polar surface area (TPSA) is 4.93 Å². The molecule has 0 atom stereocenters. The lowest BCUT2D eigenvalue weighted by atomic mass is 10.2. The monoisotopic (exact) mass is 115 g/mol. The molecule has 3 rings (SSSR count). The fraction of sp³-hybridized carbons (Fsp3) is 0. The van der Waals surface area contributed by atoms with Crippen LogP contribution in [0.5, 0.6) is 0 Å². The van der Waals surface area contributed by atoms with E-state index in [1.54, 1.807) is 0 Å². The lowest BCUT2D eigenvalue weighted by molar-refractivity contribution is 1.30. The summed E-state index contributed by atoms with van der Waals surface area (Å²) in [4.78, 5) is 0. The zero-order valence-corrected chi connectivity index (χ0v) is 4.83. The highest BCUT2D eigenvalue weighted by Gasteiger charge is 2.20. The molecule has 0 saturated carbocycles. The van der Waals surface area contributed by atoms with Gasteiger partial charge in [-0.25, -0.2) is 0 Å². The molecule has 0 bridgehead atoms. The summed E-state index contributed by atoms with van der Waals surface area (Å²) < 4.78 is 2.20. The number of hydrogen-bond donors (Lipinski definition) is 0. The van der Waals surface area contributed by atoms with Crippen LogP contribution in [0.1, 0.15) is 0 Å². The molecule has 0 saturated heterocycles. The van der Waals surface area contributed by atoms with Crippen molar-refractivity contribution in [1.29, 1.82) is 0 Å². The molecule has 0 radical (unpaired) electrons. The van der Waals surface area contributed by atoms with Crippen LogP contribution in [0.2, 0.25) is 0 Å². The molecule has 0 fully saturated rings. The van der Waals surface area contributed by atoms with Crippen molar-refractivity contribution in [1.82, 2.24) is 4.57 Å². The Bertz CT molecular complexity index is 348. The van der Waals surface area contributed by atoms with Crippen molar-refractivity contribution in [2.24, 2.45) is 0 Å². The standard InChI is InChI=1S/C8H5N/c1-2-4-7-6(3-1)8-5-9(7)8/h1-5H. The predicted molar refractivity (Wildman–Crippen MR) is 36.8 cm³/mol. The first kappa shape index (κ1) is 3.72. The van der Waals surface area contributed by atoms with Gasteiger partial charge in [-0.2, -0.15) is 0 Å². The second-order valence-electron chi connectivity index (χ2n) is 2.40. The molecule has 1 heteroatoms. The molecule has 0 amide bonds. The summed E-state index contributed by atoms with van der Waals surface area (Å²) in [5.41, 5.74) is 2.78. The molecule has 0 N–H and O–H groups in total. The van der Waals surface area contributed by atoms with E-state index in [0.717, 1.165) is 0 Å². The number of benzene rings is 1. The van der Waals surface area contributed by atoms with Crippen molar-refractivity contribution < 1.29 is 0 Å². The summed E-state index contributed by atoms with van der Waals surface area (Å²) >= 11 is 0. The quantitative estimate of drug-likeness (QED) is 0.422. The zero-order valence-electron chi connectivity index (χ0n) is 4.83. The van der Waals surface area contributed by atoms with Crippen LogP contribution in [0.25, 0.3) is 16.6 Å². The molecule has 0 aromatic heterocycles. The summed E-state index contributed by atoms with van der Waals surface area (Å²) in [7, 11) is 0. The van der Waals surface area contributed by atoms with E-state index in [2.05, 4.69) is 35.0 Å². The molecular formula is C8H5N. The third-order valence-electron chi connectivity index (χ3n) is 1.88. The van der Waals surface area contributed by atoms with E-state index >= 15 is 0 Å². The molecule has 2 heterocycles. The van der Waals surface area contributed by atoms with Crippen LogP contribution in [0.3, 0.4) is 0 Å². The maximum atomic E-state index is 2.20. The van der Waals surface area contributed by atoms with Gasteiger partial charge >= 0.3 is 0 Å². The molecule has 1 nitrogen and oxygen atoms in total. The van der Waals surface area contributed by atoms with Gasteiger partial charge in [0.05, 0.1) is 11.2 Å². The number of rotatable bonds is 0. The van der Waals surface area contributed by atoms with E-state index in [9.17, 15) is 0 Å². The minimum absolute atomic E-state index is 1.37. The lowest BCUT2D eigenvalue weighted by Gasteiger charge is -2.02. The van der Waals surface area contributed by atoms with Crippen molar-refractivity contribution in [3.8, 4) is 5.69 Å². The van der Waals surface area contributed by atoms with Crippen molar-refractivity contribution in [2.75, 3.05) is 0 Å². The van der Waals surface area contributed by atoms with E-state index in [4.69, 9.17) is 0 Å². The summed E-state index contributed by atoms with van der Waals surface area (Å²) in [6.45, 7) is 0. The average molecular weight is 115 g/mol. The zero-order chi connectivity index (χ0) is 5.84. The first-order chi connectivity index (χ1) is 4.47. The van der Waals surface area contributed by atoms with Crippen molar-refractivity contribution in [3.05, 3.63) is 30.5 Å². The number of fused-ring (bicyclic) bond motifs is 4. The Labute approximate surface area is 52.5 Å². The van der Waals surface area contributed by atoms with Gasteiger partial charge in [0.15, 0.2) is 0 Å². The Kier molecular flexibility index (Phi) is 0.374. The highest BCUT2D eigenvalue weighted by atomic mass is 15.1. The Hall–Kier alpha value is -1.24. The van der Waals surface area contributed by atoms with Gasteiger partial charge in [0.25, 0.3) is 0 Å². The van der Waals surface area contributed by atoms with Gasteiger partial charge in [0.1, 0.15) is 0 Å². The second kappa shape index (κ2) is 0.903. The Morgan fingerprint density at radius 3 is 2.89 bits per heavy atom. The highest BCUT2D eigenvalue weighted by molar-refractivity contribution is 6.00. The number of aromatic nitrogens is 1. The Balaban J connectivity index is 2.69. The van der Waals surface area contributed by atoms with Gasteiger partial charge in [-0.3, -0.25) is 0 Å². The summed E-state index contributed by atoms with van der Waals surface area (Å²) in [5.74, 6) is 0. The molecule has 9 heavy (non-hydrogen) atoms. The third-order valence-corrected chi connectivity index (χ3v) is 1.88. The molecule has 2 aliphatic rings. The molecule has 1 aromatic rings. The van der Waals surface area contributed by atoms with Crippen LogP contribution >= 0.6 is 0 Å². The van der Waals surface area contributed by atoms with E-state index in [0.29, 0.717) is 0 Å². The normalized spacial score (nSPS) is 12.4. The van der Waals surface area contributed by atoms with Gasteiger partial charge in [-0.15, -0.1) is 0 Å². The largest absolute Gasteiger partial charge is 0.312 e. The van der Waals surface area contributed by atoms with Gasteiger partial charge in [-0.05, 0) is 6.07 Å². The predicted octanol–water partition coefficient (Wildman–Crippen LogP) is 1.94. The summed E-state index contributed by atoms with van der Waals surface area (Å²) in [6.07, 6.45) is 2.16. The Morgan fingerprint density at radius 1 is 1.11 bits per heavy atom. The van der Waals surface area contributed by atoms with Crippen LogP contribution in [0, 0.1) is 0 Å². The maximum absolute atomic E-state index is 2.20. The first-order valence-electron chi connectivity index (χ1n) is 3.07. The second-order valence-corrected chi connectivity index (χ2v) is 2.40. The molecule has 0 unspecified atom stereocenters. The van der Waals surface area contributed by atoms with Crippen LogP contribution < -0.4 is 0 Å². The van der Waals surface area contributed by atoms with Crippen LogP contribution in [-0.4, -0.2) is 4.57 Å². The Morgan fingerprint density at radius 2 is 2.00 bits per heavy atom. The van der Waals surface area contributed by atoms with Crippen LogP contribution in [0.15, 0.2) is 30.5 Å². The fourth-order valence-electron chi connectivity index (χ4n) is 1.34. The van der Waals surface area contributed by atoms with E-state index in [1.807, 2.05) is 0 Å². The number of para-hydroxylation sites is 1. The lowest BCUT2D eigenvalue weighted by Crippen LogP contribution is -1.84. The summed E-state index contributed by atoms with van der Waals surface area (Å²) in [6, 6.07) is 8.45. The number of nitrogens with zero attached hydrogens (tertiary/aromatic N) is 1. The third kappa shape index (κ3) is 0.271. The van der Waals surface area contributed by atoms with Gasteiger partial charge in [0.2, 0.25) is 0 Å². The van der Waals surface area contributed by atoms with E-state index < -0.39 is 0 Å². The van der Waals surface area contributed by atoms with Gasteiger partial charge in [-0.1, -0.05) is 18.2 Å². The van der Waals surface area contributed by atoms with E-state index in [-0.39, 0.29) is 0 Å². The summed E-state index contributed by atoms with van der Waals surface area (Å²) in [5, 5.41) is 1.41. The average Bonchev–Trinajstić information content (AvgIpc) is 2.58. The molecular weight excluding hydrogens is 110 g/mol. The molecule has 2 aliphatic heterocycles. The number of hydrogen-bond acceptors (Lipinski definition) is 0.